The zero-order chi connectivity index (χ0) is 38.6. The second kappa shape index (κ2) is 18.1. The van der Waals surface area contributed by atoms with E-state index < -0.39 is 30.1 Å². The predicted molar refractivity (Wildman–Crippen MR) is 186 cm³/mol. The summed E-state index contributed by atoms with van der Waals surface area (Å²) in [6.07, 6.45) is -1.69. The molecule has 1 fully saturated rings. The Balaban J connectivity index is 0.000000944. The normalized spacial score (nSPS) is 17.5. The van der Waals surface area contributed by atoms with E-state index in [9.17, 15) is 37.8 Å². The average molecular weight is 728 g/mol. The van der Waals surface area contributed by atoms with Gasteiger partial charge < -0.3 is 45.9 Å². The number of carbonyl (C=O) groups is 4. The number of nitrogens with one attached hydrogen (secondary N) is 2. The Bertz CT molecular complexity index is 1700. The molecule has 1 unspecified atom stereocenters. The van der Waals surface area contributed by atoms with E-state index in [-0.39, 0.29) is 35.9 Å². The van der Waals surface area contributed by atoms with Gasteiger partial charge in [0.25, 0.3) is 5.91 Å². The standard InChI is InChI=1S/C35H43N5O5.C2HF3O2/c1-4-18-40(22-26-7-5-9-31(42)20-26)19-6-8-29(23-40)39(32(33(36)43)21-25-10-16-30(41)17-11-25)35(45)38-28-14-12-27(13-15-28)34(44)37-24(2)3;3-2(4,5)1(6)7/h4-5,7,9-17,20,24,29,32H,1,6,8,18-19,21-23H2,2-3H3,(H5-,36,37,38,41,42,43,44,45);(H,6,7)/t29-,32+,40?;/m1./s1. The molecule has 0 spiro atoms. The fraction of sp³-hybridized carbons (Fsp3) is 0.351. The van der Waals surface area contributed by atoms with Crippen LogP contribution in [0.25, 0.3) is 0 Å². The number of aromatic hydroxyl groups is 2. The van der Waals surface area contributed by atoms with Crippen LogP contribution in [0.4, 0.5) is 23.7 Å². The number of carboxylic acids is 1. The van der Waals surface area contributed by atoms with E-state index in [0.29, 0.717) is 41.8 Å². The highest BCUT2D eigenvalue weighted by atomic mass is 19.4. The number of likely N-dealkylation sites (tertiary alicyclic amines) is 1. The van der Waals surface area contributed by atoms with Crippen molar-refractivity contribution in [3.63, 3.8) is 0 Å². The minimum Gasteiger partial charge on any atom is -0.542 e. The first-order valence-corrected chi connectivity index (χ1v) is 16.5. The number of halogens is 3. The number of anilines is 1. The molecule has 4 amide bonds. The molecule has 0 radical (unpaired) electrons. The third-order valence-electron chi connectivity index (χ3n) is 8.42. The molecule has 1 aliphatic rings. The number of carbonyl (C=O) groups excluding carboxylic acids is 4. The third kappa shape index (κ3) is 12.0. The van der Waals surface area contributed by atoms with Crippen molar-refractivity contribution in [2.75, 3.05) is 25.0 Å². The van der Waals surface area contributed by atoms with Gasteiger partial charge in [0.1, 0.15) is 36.6 Å². The van der Waals surface area contributed by atoms with Gasteiger partial charge in [0.2, 0.25) is 5.91 Å². The molecule has 3 atom stereocenters. The molecule has 1 saturated heterocycles. The summed E-state index contributed by atoms with van der Waals surface area (Å²) in [5.41, 5.74) is 8.66. The number of hydrogen-bond donors (Lipinski definition) is 5. The van der Waals surface area contributed by atoms with E-state index >= 15 is 0 Å². The van der Waals surface area contributed by atoms with Crippen LogP contribution >= 0.6 is 0 Å². The van der Waals surface area contributed by atoms with Crippen molar-refractivity contribution < 1.29 is 52.2 Å². The molecule has 3 aromatic rings. The number of phenolic OH excluding ortho intramolecular Hbond substituents is 2. The van der Waals surface area contributed by atoms with Crippen molar-refractivity contribution in [2.24, 2.45) is 5.73 Å². The first-order valence-electron chi connectivity index (χ1n) is 16.5. The van der Waals surface area contributed by atoms with Gasteiger partial charge in [0.05, 0.1) is 19.1 Å². The molecule has 12 nitrogen and oxygen atoms in total. The van der Waals surface area contributed by atoms with Gasteiger partial charge in [-0.1, -0.05) is 30.8 Å². The quantitative estimate of drug-likeness (QED) is 0.139. The van der Waals surface area contributed by atoms with E-state index in [1.165, 1.54) is 12.1 Å². The van der Waals surface area contributed by atoms with Crippen molar-refractivity contribution in [1.29, 1.82) is 0 Å². The number of nitrogens with two attached hydrogens (primary N) is 1. The van der Waals surface area contributed by atoms with Gasteiger partial charge in [-0.25, -0.2) is 4.79 Å². The number of urea groups is 1. The third-order valence-corrected chi connectivity index (χ3v) is 8.42. The van der Waals surface area contributed by atoms with E-state index in [0.717, 1.165) is 24.1 Å². The summed E-state index contributed by atoms with van der Waals surface area (Å²) in [6.45, 7) is 10.4. The zero-order valence-corrected chi connectivity index (χ0v) is 28.9. The number of benzene rings is 3. The van der Waals surface area contributed by atoms with Crippen LogP contribution in [0.1, 0.15) is 48.2 Å². The monoisotopic (exact) mass is 727 g/mol. The zero-order valence-electron chi connectivity index (χ0n) is 28.9. The predicted octanol–water partition coefficient (Wildman–Crippen LogP) is 3.83. The summed E-state index contributed by atoms with van der Waals surface area (Å²) in [5.74, 6) is -3.57. The molecular formula is C37H44F3N5O7. The number of nitrogens with zero attached hydrogens (tertiary/aromatic N) is 2. The molecule has 0 bridgehead atoms. The number of quaternary nitrogens is 1. The van der Waals surface area contributed by atoms with E-state index in [1.54, 1.807) is 53.4 Å². The largest absolute Gasteiger partial charge is 0.542 e. The van der Waals surface area contributed by atoms with Crippen molar-refractivity contribution in [2.45, 2.75) is 64.0 Å². The highest BCUT2D eigenvalue weighted by Crippen LogP contribution is 2.30. The van der Waals surface area contributed by atoms with Crippen LogP contribution < -0.4 is 21.5 Å². The minimum atomic E-state index is -5.19. The number of alkyl halides is 3. The first kappa shape index (κ1) is 40.9. The fourth-order valence-corrected chi connectivity index (χ4v) is 6.20. The lowest BCUT2D eigenvalue weighted by molar-refractivity contribution is -0.941. The Morgan fingerprint density at radius 3 is 2.19 bits per heavy atom. The molecule has 4 rings (SSSR count). The molecule has 0 saturated carbocycles. The molecule has 15 heteroatoms. The van der Waals surface area contributed by atoms with Crippen LogP contribution in [-0.4, -0.2) is 87.3 Å². The summed E-state index contributed by atoms with van der Waals surface area (Å²) in [6, 6.07) is 18.5. The Labute approximate surface area is 299 Å². The molecule has 1 heterocycles. The SMILES string of the molecule is C=CC[N+]1(Cc2cccc(O)c2)CCC[C@@H](N(C(=O)Nc2ccc(C(=O)NC(C)C)cc2)[C@@H](Cc2ccc(O)cc2)C(N)=O)C1.O=C([O-])C(F)(F)F. The number of piperidine rings is 1. The smallest absolute Gasteiger partial charge is 0.430 e. The maximum atomic E-state index is 14.2. The lowest BCUT2D eigenvalue weighted by Gasteiger charge is -2.48. The maximum absolute atomic E-state index is 14.2. The van der Waals surface area contributed by atoms with Gasteiger partial charge in [-0.2, -0.15) is 13.2 Å². The summed E-state index contributed by atoms with van der Waals surface area (Å²) in [5, 5.41) is 34.5. The number of phenols is 2. The number of hydrogen-bond acceptors (Lipinski definition) is 7. The van der Waals surface area contributed by atoms with Crippen molar-refractivity contribution >= 4 is 29.5 Å². The van der Waals surface area contributed by atoms with Crippen LogP contribution in [0.15, 0.2) is 85.5 Å². The van der Waals surface area contributed by atoms with Crippen molar-refractivity contribution in [3.05, 3.63) is 102 Å². The summed E-state index contributed by atoms with van der Waals surface area (Å²) in [4.78, 5) is 50.0. The van der Waals surface area contributed by atoms with Crippen LogP contribution in [0.3, 0.4) is 0 Å². The van der Waals surface area contributed by atoms with Gasteiger partial charge in [-0.05, 0) is 86.9 Å². The summed E-state index contributed by atoms with van der Waals surface area (Å²) in [7, 11) is 0. The number of aliphatic carboxylic acids is 1. The number of amides is 4. The highest BCUT2D eigenvalue weighted by Gasteiger charge is 2.42. The minimum absolute atomic E-state index is 0.0144. The Kier molecular flexibility index (Phi) is 14.2. The Morgan fingerprint density at radius 2 is 1.65 bits per heavy atom. The van der Waals surface area contributed by atoms with Crippen molar-refractivity contribution in [3.8, 4) is 11.5 Å². The van der Waals surface area contributed by atoms with Crippen LogP contribution in [-0.2, 0) is 22.6 Å². The number of carboxylic acid groups (broad SMARTS) is 1. The summed E-state index contributed by atoms with van der Waals surface area (Å²) >= 11 is 0. The van der Waals surface area contributed by atoms with Crippen molar-refractivity contribution in [1.82, 2.24) is 10.2 Å². The topological polar surface area (TPSA) is 185 Å². The Morgan fingerprint density at radius 1 is 1.02 bits per heavy atom. The van der Waals surface area contributed by atoms with Gasteiger partial charge in [-0.15, -0.1) is 0 Å². The first-order chi connectivity index (χ1) is 24.4. The molecular weight excluding hydrogens is 683 g/mol. The van der Waals surface area contributed by atoms with E-state index in [2.05, 4.69) is 17.2 Å². The molecule has 0 aliphatic carbocycles. The van der Waals surface area contributed by atoms with Crippen LogP contribution in [0, 0.1) is 0 Å². The summed E-state index contributed by atoms with van der Waals surface area (Å²) < 4.78 is 32.1. The lowest BCUT2D eigenvalue weighted by Crippen LogP contribution is -2.64. The van der Waals surface area contributed by atoms with Gasteiger partial charge in [0.15, 0.2) is 0 Å². The second-order valence-electron chi connectivity index (χ2n) is 13.0. The van der Waals surface area contributed by atoms with Gasteiger partial charge >= 0.3 is 12.2 Å². The molecule has 52 heavy (non-hydrogen) atoms. The van der Waals surface area contributed by atoms with E-state index in [1.807, 2.05) is 32.1 Å². The molecule has 280 valence electrons. The fourth-order valence-electron chi connectivity index (χ4n) is 6.20. The number of primary amides is 1. The molecule has 6 N–H and O–H groups in total. The molecule has 0 aromatic heterocycles. The lowest BCUT2D eigenvalue weighted by atomic mass is 9.95. The second-order valence-corrected chi connectivity index (χ2v) is 13.0. The number of rotatable bonds is 12. The average Bonchev–Trinajstić information content (AvgIpc) is 3.05. The molecule has 3 aromatic carbocycles. The van der Waals surface area contributed by atoms with Crippen LogP contribution in [0.5, 0.6) is 11.5 Å². The van der Waals surface area contributed by atoms with E-state index in [4.69, 9.17) is 15.6 Å². The van der Waals surface area contributed by atoms with Crippen LogP contribution in [0.2, 0.25) is 0 Å². The van der Waals surface area contributed by atoms with Gasteiger partial charge in [0, 0.05) is 29.3 Å². The highest BCUT2D eigenvalue weighted by molar-refractivity contribution is 5.96. The Hall–Kier alpha value is -5.57. The maximum Gasteiger partial charge on any atom is 0.430 e. The molecule has 1 aliphatic heterocycles. The van der Waals surface area contributed by atoms with Gasteiger partial charge in [-0.3, -0.25) is 9.59 Å².